The van der Waals surface area contributed by atoms with Gasteiger partial charge in [0.05, 0.1) is 27.9 Å². The van der Waals surface area contributed by atoms with Crippen molar-refractivity contribution >= 4 is 41.2 Å². The third-order valence-electron chi connectivity index (χ3n) is 5.24. The lowest BCUT2D eigenvalue weighted by Crippen LogP contribution is -2.48. The lowest BCUT2D eigenvalue weighted by atomic mass is 10.0. The average molecular weight is 523 g/mol. The van der Waals surface area contributed by atoms with E-state index in [1.165, 1.54) is 24.4 Å². The van der Waals surface area contributed by atoms with Crippen molar-refractivity contribution in [2.24, 2.45) is 11.0 Å². The Labute approximate surface area is 219 Å². The summed E-state index contributed by atoms with van der Waals surface area (Å²) in [4.78, 5) is 25.4. The van der Waals surface area contributed by atoms with Gasteiger partial charge in [0.15, 0.2) is 0 Å². The van der Waals surface area contributed by atoms with Crippen LogP contribution in [-0.4, -0.2) is 24.1 Å². The van der Waals surface area contributed by atoms with Crippen molar-refractivity contribution in [2.75, 3.05) is 0 Å². The van der Waals surface area contributed by atoms with E-state index in [-0.39, 0.29) is 23.1 Å². The van der Waals surface area contributed by atoms with Gasteiger partial charge in [-0.25, -0.2) is 5.43 Å². The Bertz CT molecular complexity index is 1320. The molecule has 0 saturated heterocycles. The van der Waals surface area contributed by atoms with E-state index in [1.54, 1.807) is 24.3 Å². The summed E-state index contributed by atoms with van der Waals surface area (Å²) in [5.41, 5.74) is 4.70. The number of hydrazone groups is 1. The third-order valence-corrected chi connectivity index (χ3v) is 5.97. The van der Waals surface area contributed by atoms with E-state index in [4.69, 9.17) is 27.9 Å². The zero-order valence-corrected chi connectivity index (χ0v) is 21.2. The quantitative estimate of drug-likeness (QED) is 0.292. The minimum absolute atomic E-state index is 0.205. The Morgan fingerprint density at radius 3 is 2.50 bits per heavy atom. The fraction of sp³-hybridized carbons (Fsp3) is 0.185. The predicted octanol–water partition coefficient (Wildman–Crippen LogP) is 5.35. The van der Waals surface area contributed by atoms with E-state index in [9.17, 15) is 14.9 Å². The topological polar surface area (TPSA) is 104 Å². The van der Waals surface area contributed by atoms with Gasteiger partial charge in [-0.1, -0.05) is 67.4 Å². The van der Waals surface area contributed by atoms with Gasteiger partial charge in [-0.2, -0.15) is 10.4 Å². The second-order valence-electron chi connectivity index (χ2n) is 8.15. The van der Waals surface area contributed by atoms with Crippen LogP contribution in [0.4, 0.5) is 0 Å². The van der Waals surface area contributed by atoms with Crippen LogP contribution in [0.2, 0.25) is 10.0 Å². The highest BCUT2D eigenvalue weighted by Gasteiger charge is 2.24. The SMILES string of the molecule is CC(C)C(NC(=O)c1ccc(Cl)c(Cl)c1)C(=O)NN=Cc1ccccc1OCc1ccccc1C#N. The summed E-state index contributed by atoms with van der Waals surface area (Å²) in [5.74, 6) is -0.599. The normalized spacial score (nSPS) is 11.7. The number of carbonyl (C=O) groups is 2. The van der Waals surface area contributed by atoms with E-state index in [2.05, 4.69) is 21.9 Å². The Morgan fingerprint density at radius 2 is 1.78 bits per heavy atom. The maximum Gasteiger partial charge on any atom is 0.262 e. The summed E-state index contributed by atoms with van der Waals surface area (Å²) in [6, 6.07) is 20.2. The van der Waals surface area contributed by atoms with E-state index in [0.29, 0.717) is 21.9 Å². The molecule has 0 aliphatic heterocycles. The van der Waals surface area contributed by atoms with Crippen molar-refractivity contribution in [2.45, 2.75) is 26.5 Å². The van der Waals surface area contributed by atoms with Crippen molar-refractivity contribution < 1.29 is 14.3 Å². The summed E-state index contributed by atoms with van der Waals surface area (Å²) < 4.78 is 5.90. The molecule has 0 fully saturated rings. The molecule has 1 atom stereocenters. The molecule has 0 aliphatic carbocycles. The van der Waals surface area contributed by atoms with Crippen LogP contribution in [0.1, 0.15) is 40.9 Å². The first-order valence-corrected chi connectivity index (χ1v) is 11.8. The first kappa shape index (κ1) is 26.7. The summed E-state index contributed by atoms with van der Waals surface area (Å²) in [6.07, 6.45) is 1.46. The van der Waals surface area contributed by atoms with Crippen LogP contribution in [0.5, 0.6) is 5.75 Å². The Morgan fingerprint density at radius 1 is 1.06 bits per heavy atom. The third kappa shape index (κ3) is 7.08. The molecule has 36 heavy (non-hydrogen) atoms. The largest absolute Gasteiger partial charge is 0.488 e. The predicted molar refractivity (Wildman–Crippen MR) is 140 cm³/mol. The van der Waals surface area contributed by atoms with E-state index < -0.39 is 17.9 Å². The molecule has 0 radical (unpaired) electrons. The molecule has 0 spiro atoms. The molecule has 2 N–H and O–H groups in total. The molecular weight excluding hydrogens is 499 g/mol. The maximum absolute atomic E-state index is 12.8. The first-order valence-electron chi connectivity index (χ1n) is 11.1. The molecule has 7 nitrogen and oxygen atoms in total. The average Bonchev–Trinajstić information content (AvgIpc) is 2.88. The molecule has 0 bridgehead atoms. The number of ether oxygens (including phenoxy) is 1. The number of nitrogens with zero attached hydrogens (tertiary/aromatic N) is 2. The minimum atomic E-state index is -0.835. The molecule has 9 heteroatoms. The number of rotatable bonds is 9. The Hall–Kier alpha value is -3.86. The van der Waals surface area contributed by atoms with Gasteiger partial charge in [0.25, 0.3) is 11.8 Å². The van der Waals surface area contributed by atoms with Crippen LogP contribution >= 0.6 is 23.2 Å². The molecular formula is C27H24Cl2N4O3. The maximum atomic E-state index is 12.8. The highest BCUT2D eigenvalue weighted by atomic mass is 35.5. The van der Waals surface area contributed by atoms with Crippen molar-refractivity contribution in [1.29, 1.82) is 5.26 Å². The number of halogens is 2. The molecule has 3 aromatic rings. The Balaban J connectivity index is 1.65. The molecule has 0 aromatic heterocycles. The zero-order valence-electron chi connectivity index (χ0n) is 19.7. The summed E-state index contributed by atoms with van der Waals surface area (Å²) >= 11 is 11.9. The number of hydrogen-bond acceptors (Lipinski definition) is 5. The number of nitrogens with one attached hydrogen (secondary N) is 2. The van der Waals surface area contributed by atoms with Crippen molar-refractivity contribution in [3.63, 3.8) is 0 Å². The standard InChI is InChI=1S/C27H24Cl2N4O3/c1-17(2)25(32-26(34)18-11-12-22(28)23(29)13-18)27(35)33-31-15-20-8-5-6-10-24(20)36-16-21-9-4-3-7-19(21)14-30/h3-13,15,17,25H,16H2,1-2H3,(H,32,34)(H,33,35). The van der Waals surface area contributed by atoms with Crippen LogP contribution < -0.4 is 15.5 Å². The zero-order chi connectivity index (χ0) is 26.1. The smallest absolute Gasteiger partial charge is 0.262 e. The second-order valence-corrected chi connectivity index (χ2v) is 8.97. The summed E-state index contributed by atoms with van der Waals surface area (Å²) in [5, 5.41) is 16.6. The van der Waals surface area contributed by atoms with Gasteiger partial charge in [-0.3, -0.25) is 9.59 Å². The monoisotopic (exact) mass is 522 g/mol. The summed E-state index contributed by atoms with van der Waals surface area (Å²) in [7, 11) is 0. The highest BCUT2D eigenvalue weighted by molar-refractivity contribution is 6.42. The number of hydrogen-bond donors (Lipinski definition) is 2. The van der Waals surface area contributed by atoms with E-state index in [0.717, 1.165) is 5.56 Å². The lowest BCUT2D eigenvalue weighted by Gasteiger charge is -2.20. The van der Waals surface area contributed by atoms with Gasteiger partial charge >= 0.3 is 0 Å². The molecule has 0 heterocycles. The van der Waals surface area contributed by atoms with Gasteiger partial charge in [0.2, 0.25) is 0 Å². The van der Waals surface area contributed by atoms with Crippen LogP contribution in [0.25, 0.3) is 0 Å². The van der Waals surface area contributed by atoms with Gasteiger partial charge in [-0.15, -0.1) is 0 Å². The van der Waals surface area contributed by atoms with Crippen LogP contribution in [0.15, 0.2) is 71.8 Å². The number of nitriles is 1. The highest BCUT2D eigenvalue weighted by Crippen LogP contribution is 2.23. The minimum Gasteiger partial charge on any atom is -0.488 e. The number of carbonyl (C=O) groups excluding carboxylic acids is 2. The molecule has 3 aromatic carbocycles. The van der Waals surface area contributed by atoms with E-state index >= 15 is 0 Å². The van der Waals surface area contributed by atoms with Crippen LogP contribution in [0, 0.1) is 17.2 Å². The fourth-order valence-corrected chi connectivity index (χ4v) is 3.56. The van der Waals surface area contributed by atoms with Crippen molar-refractivity contribution in [3.8, 4) is 11.8 Å². The lowest BCUT2D eigenvalue weighted by molar-refractivity contribution is -0.123. The van der Waals surface area contributed by atoms with E-state index in [1.807, 2.05) is 38.1 Å². The summed E-state index contributed by atoms with van der Waals surface area (Å²) in [6.45, 7) is 3.83. The first-order chi connectivity index (χ1) is 17.3. The fourth-order valence-electron chi connectivity index (χ4n) is 3.26. The molecule has 0 saturated carbocycles. The van der Waals surface area contributed by atoms with Gasteiger partial charge in [0, 0.05) is 16.7 Å². The number of para-hydroxylation sites is 1. The van der Waals surface area contributed by atoms with Gasteiger partial charge in [-0.05, 0) is 42.3 Å². The van der Waals surface area contributed by atoms with Gasteiger partial charge in [0.1, 0.15) is 18.4 Å². The van der Waals surface area contributed by atoms with Crippen LogP contribution in [-0.2, 0) is 11.4 Å². The molecule has 2 amide bonds. The Kier molecular flexibility index (Phi) is 9.46. The van der Waals surface area contributed by atoms with Crippen molar-refractivity contribution in [1.82, 2.24) is 10.7 Å². The van der Waals surface area contributed by atoms with Gasteiger partial charge < -0.3 is 10.1 Å². The molecule has 1 unspecified atom stereocenters. The molecule has 3 rings (SSSR count). The molecule has 0 aliphatic rings. The number of benzene rings is 3. The second kappa shape index (κ2) is 12.7. The van der Waals surface area contributed by atoms with Crippen LogP contribution in [0.3, 0.4) is 0 Å². The molecule has 184 valence electrons. The number of amides is 2. The van der Waals surface area contributed by atoms with Crippen molar-refractivity contribution in [3.05, 3.63) is 99.0 Å².